The van der Waals surface area contributed by atoms with Crippen molar-refractivity contribution in [2.24, 2.45) is 17.3 Å². The number of phenols is 1. The highest BCUT2D eigenvalue weighted by molar-refractivity contribution is 5.40. The SMILES string of the molecule is C[C@]12CC[C@@H]3c4ccc(O)cc4CC[C@H]3[13C@@H]1[13CH2][13CH2][13CH]2O. The summed E-state index contributed by atoms with van der Waals surface area (Å²) in [4.78, 5) is 0. The molecule has 0 amide bonds. The average Bonchev–Trinajstić information content (AvgIpc) is 2.74. The smallest absolute Gasteiger partial charge is 0.115 e. The molecule has 108 valence electrons. The predicted octanol–water partition coefficient (Wildman–Crippen LogP) is 3.61. The third-order valence-electron chi connectivity index (χ3n) is 6.66. The summed E-state index contributed by atoms with van der Waals surface area (Å²) in [7, 11) is 0. The first-order valence-corrected chi connectivity index (χ1v) is 8.09. The summed E-state index contributed by atoms with van der Waals surface area (Å²) in [5, 5.41) is 20.0. The van der Waals surface area contributed by atoms with Gasteiger partial charge in [-0.05, 0) is 85.0 Å². The van der Waals surface area contributed by atoms with Gasteiger partial charge in [0, 0.05) is 0 Å². The molecule has 0 radical (unpaired) electrons. The van der Waals surface area contributed by atoms with E-state index in [9.17, 15) is 10.2 Å². The van der Waals surface area contributed by atoms with Crippen molar-refractivity contribution in [3.05, 3.63) is 29.3 Å². The Hall–Kier alpha value is -1.02. The molecule has 0 aliphatic heterocycles. The first kappa shape index (κ1) is 12.7. The summed E-state index contributed by atoms with van der Waals surface area (Å²) in [6.07, 6.45) is 6.78. The van der Waals surface area contributed by atoms with Crippen LogP contribution in [0.25, 0.3) is 0 Å². The molecule has 1 aromatic rings. The van der Waals surface area contributed by atoms with E-state index in [1.54, 1.807) is 0 Å². The molecule has 0 heterocycles. The summed E-state index contributed by atoms with van der Waals surface area (Å²) >= 11 is 0. The van der Waals surface area contributed by atoms with Gasteiger partial charge in [-0.15, -0.1) is 0 Å². The Morgan fingerprint density at radius 2 is 2.00 bits per heavy atom. The second-order valence-corrected chi connectivity index (χ2v) is 7.44. The molecular formula is C18H24O2. The fourth-order valence-corrected chi connectivity index (χ4v) is 5.54. The number of aromatic hydroxyl groups is 1. The molecule has 2 nitrogen and oxygen atoms in total. The average molecular weight is 276 g/mol. The van der Waals surface area contributed by atoms with Crippen molar-refractivity contribution in [3.63, 3.8) is 0 Å². The first-order chi connectivity index (χ1) is 9.59. The van der Waals surface area contributed by atoms with E-state index in [4.69, 9.17) is 0 Å². The van der Waals surface area contributed by atoms with Crippen LogP contribution in [0.15, 0.2) is 18.2 Å². The van der Waals surface area contributed by atoms with E-state index >= 15 is 0 Å². The highest BCUT2D eigenvalue weighted by atomic mass is 16.4. The van der Waals surface area contributed by atoms with Crippen molar-refractivity contribution in [1.82, 2.24) is 0 Å². The van der Waals surface area contributed by atoms with Crippen LogP contribution in [0.2, 0.25) is 0 Å². The minimum absolute atomic E-state index is 0.0883. The highest BCUT2D eigenvalue weighted by Gasteiger charge is 2.54. The van der Waals surface area contributed by atoms with Gasteiger partial charge in [0.25, 0.3) is 0 Å². The summed E-state index contributed by atoms with van der Waals surface area (Å²) in [6, 6.07) is 5.96. The molecule has 3 aliphatic carbocycles. The van der Waals surface area contributed by atoms with Crippen LogP contribution >= 0.6 is 0 Å². The molecule has 0 aromatic heterocycles. The number of aliphatic hydroxyl groups excluding tert-OH is 1. The number of benzene rings is 1. The Morgan fingerprint density at radius 3 is 2.85 bits per heavy atom. The number of hydrogen-bond acceptors (Lipinski definition) is 2. The molecule has 0 bridgehead atoms. The number of aryl methyl sites for hydroxylation is 1. The van der Waals surface area contributed by atoms with Crippen molar-refractivity contribution in [3.8, 4) is 5.75 Å². The molecule has 0 spiro atoms. The van der Waals surface area contributed by atoms with Crippen molar-refractivity contribution in [2.45, 2.75) is 57.5 Å². The van der Waals surface area contributed by atoms with Gasteiger partial charge in [-0.3, -0.25) is 0 Å². The van der Waals surface area contributed by atoms with Crippen LogP contribution in [-0.2, 0) is 6.42 Å². The Labute approximate surface area is 120 Å². The predicted molar refractivity (Wildman–Crippen MR) is 78.7 cm³/mol. The molecule has 20 heavy (non-hydrogen) atoms. The lowest BCUT2D eigenvalue weighted by Gasteiger charge is -2.50. The van der Waals surface area contributed by atoms with Gasteiger partial charge in [0.15, 0.2) is 0 Å². The molecule has 2 saturated carbocycles. The lowest BCUT2D eigenvalue weighted by atomic mass is 9.68. The fraction of sp³-hybridized carbons (Fsp3) is 0.667. The quantitative estimate of drug-likeness (QED) is 0.711. The summed E-state index contributed by atoms with van der Waals surface area (Å²) in [5.74, 6) is 2.49. The van der Waals surface area contributed by atoms with Crippen LogP contribution in [-0.4, -0.2) is 16.3 Å². The lowest BCUT2D eigenvalue weighted by Crippen LogP contribution is -2.43. The van der Waals surface area contributed by atoms with Gasteiger partial charge in [0.1, 0.15) is 5.75 Å². The third-order valence-corrected chi connectivity index (χ3v) is 6.66. The lowest BCUT2D eigenvalue weighted by molar-refractivity contribution is -0.0226. The number of hydrogen-bond donors (Lipinski definition) is 2. The van der Waals surface area contributed by atoms with Gasteiger partial charge in [-0.1, -0.05) is 13.0 Å². The highest BCUT2D eigenvalue weighted by Crippen LogP contribution is 2.60. The Morgan fingerprint density at radius 1 is 1.15 bits per heavy atom. The zero-order valence-corrected chi connectivity index (χ0v) is 12.2. The molecule has 3 aliphatic rings. The van der Waals surface area contributed by atoms with Gasteiger partial charge < -0.3 is 10.2 Å². The second-order valence-electron chi connectivity index (χ2n) is 7.44. The number of rotatable bonds is 0. The van der Waals surface area contributed by atoms with Crippen LogP contribution in [0.5, 0.6) is 5.75 Å². The Balaban J connectivity index is 1.71. The molecule has 0 saturated heterocycles. The van der Waals surface area contributed by atoms with Crippen molar-refractivity contribution in [2.75, 3.05) is 0 Å². The first-order valence-electron chi connectivity index (χ1n) is 8.09. The third kappa shape index (κ3) is 1.60. The second kappa shape index (κ2) is 4.24. The Kier molecular flexibility index (Phi) is 2.69. The summed E-state index contributed by atoms with van der Waals surface area (Å²) in [5.41, 5.74) is 2.99. The minimum Gasteiger partial charge on any atom is -0.508 e. The van der Waals surface area contributed by atoms with Crippen LogP contribution in [0.4, 0.5) is 0 Å². The van der Waals surface area contributed by atoms with Gasteiger partial charge >= 0.3 is 0 Å². The van der Waals surface area contributed by atoms with Crippen molar-refractivity contribution in [1.29, 1.82) is 0 Å². The maximum atomic E-state index is 10.4. The van der Waals surface area contributed by atoms with Crippen LogP contribution in [0.3, 0.4) is 0 Å². The van der Waals surface area contributed by atoms with Gasteiger partial charge in [-0.2, -0.15) is 0 Å². The number of phenolic OH excluding ortho intramolecular Hbond substituents is 1. The van der Waals surface area contributed by atoms with Crippen LogP contribution in [0.1, 0.15) is 56.1 Å². The van der Waals surface area contributed by atoms with Gasteiger partial charge in [-0.25, -0.2) is 0 Å². The van der Waals surface area contributed by atoms with Crippen molar-refractivity contribution < 1.29 is 10.2 Å². The van der Waals surface area contributed by atoms with E-state index in [1.165, 1.54) is 30.4 Å². The fourth-order valence-electron chi connectivity index (χ4n) is 5.54. The molecule has 2 N–H and O–H groups in total. The zero-order valence-electron chi connectivity index (χ0n) is 12.2. The van der Waals surface area contributed by atoms with Crippen LogP contribution < -0.4 is 0 Å². The summed E-state index contributed by atoms with van der Waals surface area (Å²) < 4.78 is 0. The van der Waals surface area contributed by atoms with E-state index in [-0.39, 0.29) is 11.5 Å². The number of fused-ring (bicyclic) bond motifs is 5. The normalized spacial score (nSPS) is 42.7. The molecular weight excluding hydrogens is 252 g/mol. The van der Waals surface area contributed by atoms with E-state index in [2.05, 4.69) is 13.0 Å². The largest absolute Gasteiger partial charge is 0.508 e. The van der Waals surface area contributed by atoms with Crippen molar-refractivity contribution >= 4 is 0 Å². The molecule has 5 atom stereocenters. The van der Waals surface area contributed by atoms with Gasteiger partial charge in [0.05, 0.1) is 6.10 Å². The summed E-state index contributed by atoms with van der Waals surface area (Å²) in [6.45, 7) is 2.32. The molecule has 4 rings (SSSR count). The van der Waals surface area contributed by atoms with E-state index in [0.29, 0.717) is 17.6 Å². The van der Waals surface area contributed by atoms with E-state index < -0.39 is 0 Å². The number of aliphatic hydroxyl groups is 1. The van der Waals surface area contributed by atoms with Crippen LogP contribution in [0, 0.1) is 17.3 Å². The zero-order chi connectivity index (χ0) is 13.9. The molecule has 2 fully saturated rings. The monoisotopic (exact) mass is 276 g/mol. The molecule has 2 heteroatoms. The minimum atomic E-state index is -0.0883. The van der Waals surface area contributed by atoms with E-state index in [0.717, 1.165) is 25.2 Å². The van der Waals surface area contributed by atoms with Gasteiger partial charge in [0.2, 0.25) is 0 Å². The standard InChI is InChI=1S/C18H24O2/c1-18-9-8-14-13-5-3-12(19)10-11(13)2-4-15(14)16(18)6-7-17(18)20/h3,5,10,14-17,19-20H,2,4,6-9H2,1H3/t14-,15-,16+,17?,18+/m1/s1/i6+1,7+1,16+1,17+1. The molecule has 1 unspecified atom stereocenters. The Bertz CT molecular complexity index is 538. The maximum absolute atomic E-state index is 10.4. The van der Waals surface area contributed by atoms with E-state index in [1.807, 2.05) is 12.1 Å². The molecule has 1 aromatic carbocycles. The maximum Gasteiger partial charge on any atom is 0.115 e. The topological polar surface area (TPSA) is 40.5 Å².